The summed E-state index contributed by atoms with van der Waals surface area (Å²) in [7, 11) is 0. The van der Waals surface area contributed by atoms with Crippen molar-refractivity contribution in [1.29, 1.82) is 0 Å². The quantitative estimate of drug-likeness (QED) is 0.750. The van der Waals surface area contributed by atoms with Crippen LogP contribution in [0.1, 0.15) is 38.2 Å². The minimum atomic E-state index is 0.945. The topological polar surface area (TPSA) is 12.0 Å². The average Bonchev–Trinajstić information content (AvgIpc) is 2.88. The number of nitrogens with one attached hydrogen (secondary N) is 1. The van der Waals surface area contributed by atoms with Gasteiger partial charge in [-0.15, -0.1) is 11.8 Å². The first kappa shape index (κ1) is 14.4. The molecule has 1 aromatic carbocycles. The maximum atomic E-state index is 3.58. The first-order valence-corrected chi connectivity index (χ1v) is 8.69. The third-order valence-electron chi connectivity index (χ3n) is 3.54. The molecule has 1 aromatic rings. The molecule has 0 bridgehead atoms. The molecule has 1 aliphatic rings. The van der Waals surface area contributed by atoms with E-state index in [2.05, 4.69) is 46.4 Å². The molecule has 0 aromatic heterocycles. The van der Waals surface area contributed by atoms with Gasteiger partial charge in [0.25, 0.3) is 0 Å². The smallest absolute Gasteiger partial charge is 0.0216 e. The molecule has 0 radical (unpaired) electrons. The number of benzene rings is 1. The molecule has 1 nitrogen and oxygen atoms in total. The Morgan fingerprint density at radius 2 is 2.11 bits per heavy atom. The molecule has 0 spiro atoms. The highest BCUT2D eigenvalue weighted by atomic mass is 79.9. The Balaban J connectivity index is 1.97. The normalized spacial score (nSPS) is 16.3. The fourth-order valence-corrected chi connectivity index (χ4v) is 4.25. The highest BCUT2D eigenvalue weighted by molar-refractivity contribution is 9.10. The molecule has 0 atom stereocenters. The van der Waals surface area contributed by atoms with Crippen molar-refractivity contribution in [2.75, 3.05) is 12.3 Å². The number of hydrogen-bond acceptors (Lipinski definition) is 2. The molecule has 0 unspecified atom stereocenters. The Morgan fingerprint density at radius 1 is 1.33 bits per heavy atom. The van der Waals surface area contributed by atoms with Gasteiger partial charge >= 0.3 is 0 Å². The van der Waals surface area contributed by atoms with Crippen LogP contribution < -0.4 is 5.32 Å². The SMILES string of the molecule is CCNCc1ccc(Br)cc1SCC1CCCC1. The fourth-order valence-electron chi connectivity index (χ4n) is 2.45. The lowest BCUT2D eigenvalue weighted by Crippen LogP contribution is -2.12. The zero-order chi connectivity index (χ0) is 12.8. The van der Waals surface area contributed by atoms with E-state index in [1.165, 1.54) is 46.4 Å². The van der Waals surface area contributed by atoms with Crippen LogP contribution in [0.2, 0.25) is 0 Å². The third kappa shape index (κ3) is 4.29. The highest BCUT2D eigenvalue weighted by Crippen LogP contribution is 2.33. The van der Waals surface area contributed by atoms with Crippen LogP contribution in [0.4, 0.5) is 0 Å². The van der Waals surface area contributed by atoms with Crippen molar-refractivity contribution in [2.45, 2.75) is 44.0 Å². The first-order chi connectivity index (χ1) is 8.79. The van der Waals surface area contributed by atoms with Crippen LogP contribution in [0.25, 0.3) is 0 Å². The standard InChI is InChI=1S/C15H22BrNS/c1-2-17-10-13-7-8-14(16)9-15(13)18-11-12-5-3-4-6-12/h7-9,12,17H,2-6,10-11H2,1H3. The summed E-state index contributed by atoms with van der Waals surface area (Å²) in [5.41, 5.74) is 1.43. The van der Waals surface area contributed by atoms with Gasteiger partial charge in [0, 0.05) is 21.7 Å². The molecular formula is C15H22BrNS. The second kappa shape index (κ2) is 7.56. The zero-order valence-electron chi connectivity index (χ0n) is 11.0. The van der Waals surface area contributed by atoms with Crippen molar-refractivity contribution in [3.05, 3.63) is 28.2 Å². The van der Waals surface area contributed by atoms with Crippen molar-refractivity contribution in [2.24, 2.45) is 5.92 Å². The van der Waals surface area contributed by atoms with Gasteiger partial charge in [-0.3, -0.25) is 0 Å². The van der Waals surface area contributed by atoms with E-state index in [-0.39, 0.29) is 0 Å². The maximum Gasteiger partial charge on any atom is 0.0216 e. The van der Waals surface area contributed by atoms with Crippen molar-refractivity contribution in [3.8, 4) is 0 Å². The minimum absolute atomic E-state index is 0.945. The monoisotopic (exact) mass is 327 g/mol. The maximum absolute atomic E-state index is 3.58. The summed E-state index contributed by atoms with van der Waals surface area (Å²) in [6.07, 6.45) is 5.75. The summed E-state index contributed by atoms with van der Waals surface area (Å²) < 4.78 is 1.19. The predicted octanol–water partition coefficient (Wildman–Crippen LogP) is 4.84. The summed E-state index contributed by atoms with van der Waals surface area (Å²) in [4.78, 5) is 1.44. The molecular weight excluding hydrogens is 306 g/mol. The Bertz CT molecular complexity index is 375. The van der Waals surface area contributed by atoms with Gasteiger partial charge in [-0.1, -0.05) is 41.8 Å². The molecule has 1 aliphatic carbocycles. The predicted molar refractivity (Wildman–Crippen MR) is 84.2 cm³/mol. The van der Waals surface area contributed by atoms with Gasteiger partial charge in [0.15, 0.2) is 0 Å². The molecule has 0 aliphatic heterocycles. The molecule has 0 heterocycles. The van der Waals surface area contributed by atoms with Crippen LogP contribution >= 0.6 is 27.7 Å². The largest absolute Gasteiger partial charge is 0.313 e. The molecule has 0 saturated heterocycles. The summed E-state index contributed by atoms with van der Waals surface area (Å²) in [5.74, 6) is 2.23. The van der Waals surface area contributed by atoms with Crippen LogP contribution in [-0.4, -0.2) is 12.3 Å². The van der Waals surface area contributed by atoms with E-state index in [4.69, 9.17) is 0 Å². The molecule has 1 N–H and O–H groups in total. The third-order valence-corrected chi connectivity index (χ3v) is 5.37. The van der Waals surface area contributed by atoms with Crippen LogP contribution in [0.5, 0.6) is 0 Å². The number of halogens is 1. The minimum Gasteiger partial charge on any atom is -0.313 e. The zero-order valence-corrected chi connectivity index (χ0v) is 13.4. The second-order valence-corrected chi connectivity index (χ2v) is 6.97. The summed E-state index contributed by atoms with van der Waals surface area (Å²) in [5, 5.41) is 3.42. The van der Waals surface area contributed by atoms with Gasteiger partial charge in [-0.2, -0.15) is 0 Å². The van der Waals surface area contributed by atoms with Crippen molar-refractivity contribution >= 4 is 27.7 Å². The molecule has 3 heteroatoms. The summed E-state index contributed by atoms with van der Waals surface area (Å²) in [6, 6.07) is 6.66. The molecule has 0 amide bonds. The van der Waals surface area contributed by atoms with E-state index in [0.29, 0.717) is 0 Å². The van der Waals surface area contributed by atoms with E-state index in [1.807, 2.05) is 11.8 Å². The number of hydrogen-bond donors (Lipinski definition) is 1. The molecule has 1 fully saturated rings. The van der Waals surface area contributed by atoms with Crippen LogP contribution in [0, 0.1) is 5.92 Å². The van der Waals surface area contributed by atoms with Gasteiger partial charge in [-0.05, 0) is 43.0 Å². The van der Waals surface area contributed by atoms with E-state index in [9.17, 15) is 0 Å². The van der Waals surface area contributed by atoms with Crippen LogP contribution in [-0.2, 0) is 6.54 Å². The van der Waals surface area contributed by atoms with E-state index >= 15 is 0 Å². The number of rotatable bonds is 6. The van der Waals surface area contributed by atoms with Gasteiger partial charge in [-0.25, -0.2) is 0 Å². The molecule has 2 rings (SSSR count). The second-order valence-electron chi connectivity index (χ2n) is 4.99. The summed E-state index contributed by atoms with van der Waals surface area (Å²) in [6.45, 7) is 4.17. The number of thioether (sulfide) groups is 1. The first-order valence-electron chi connectivity index (χ1n) is 6.91. The van der Waals surface area contributed by atoms with Crippen molar-refractivity contribution in [1.82, 2.24) is 5.32 Å². The van der Waals surface area contributed by atoms with Crippen molar-refractivity contribution in [3.63, 3.8) is 0 Å². The van der Waals surface area contributed by atoms with Crippen LogP contribution in [0.15, 0.2) is 27.6 Å². The van der Waals surface area contributed by atoms with Gasteiger partial charge < -0.3 is 5.32 Å². The van der Waals surface area contributed by atoms with E-state index in [0.717, 1.165) is 19.0 Å². The van der Waals surface area contributed by atoms with Gasteiger partial charge in [0.2, 0.25) is 0 Å². The Labute approximate surface area is 123 Å². The van der Waals surface area contributed by atoms with Gasteiger partial charge in [0.1, 0.15) is 0 Å². The van der Waals surface area contributed by atoms with Crippen LogP contribution in [0.3, 0.4) is 0 Å². The lowest BCUT2D eigenvalue weighted by Gasteiger charge is -2.13. The van der Waals surface area contributed by atoms with E-state index in [1.54, 1.807) is 0 Å². The highest BCUT2D eigenvalue weighted by Gasteiger charge is 2.15. The molecule has 1 saturated carbocycles. The average molecular weight is 328 g/mol. The lowest BCUT2D eigenvalue weighted by atomic mass is 10.1. The van der Waals surface area contributed by atoms with Crippen molar-refractivity contribution < 1.29 is 0 Å². The Kier molecular flexibility index (Phi) is 6.06. The van der Waals surface area contributed by atoms with E-state index < -0.39 is 0 Å². The lowest BCUT2D eigenvalue weighted by molar-refractivity contribution is 0.623. The Morgan fingerprint density at radius 3 is 2.83 bits per heavy atom. The summed E-state index contributed by atoms with van der Waals surface area (Å²) >= 11 is 5.62. The molecule has 18 heavy (non-hydrogen) atoms. The molecule has 100 valence electrons. The van der Waals surface area contributed by atoms with Gasteiger partial charge in [0.05, 0.1) is 0 Å². The Hall–Kier alpha value is 0.01000. The fraction of sp³-hybridized carbons (Fsp3) is 0.600.